The van der Waals surface area contributed by atoms with Crippen LogP contribution < -0.4 is 0 Å². The van der Waals surface area contributed by atoms with Crippen LogP contribution in [0.25, 0.3) is 0 Å². The fourth-order valence-corrected chi connectivity index (χ4v) is 1.17. The van der Waals surface area contributed by atoms with Crippen molar-refractivity contribution in [2.45, 2.75) is 13.3 Å². The molecule has 0 aromatic rings. The molecule has 0 aromatic carbocycles. The van der Waals surface area contributed by atoms with Crippen LogP contribution in [0.1, 0.15) is 13.3 Å². The molecule has 0 aliphatic heterocycles. The summed E-state index contributed by atoms with van der Waals surface area (Å²) in [6, 6.07) is 0. The van der Waals surface area contributed by atoms with E-state index < -0.39 is 0 Å². The molecule has 2 nitrogen and oxygen atoms in total. The number of hydrogen-bond donors (Lipinski definition) is 0. The van der Waals surface area contributed by atoms with E-state index in [0.29, 0.717) is 0 Å². The Kier molecular flexibility index (Phi) is 4.77. The van der Waals surface area contributed by atoms with Crippen LogP contribution in [0.15, 0.2) is 0 Å². The summed E-state index contributed by atoms with van der Waals surface area (Å²) in [5, 5.41) is 0.850. The second kappa shape index (κ2) is 4.79. The summed E-state index contributed by atoms with van der Waals surface area (Å²) >= 11 is 3.24. The van der Waals surface area contributed by atoms with Gasteiger partial charge in [0.1, 0.15) is 0 Å². The van der Waals surface area contributed by atoms with Crippen LogP contribution in [0.4, 0.5) is 0 Å². The van der Waals surface area contributed by atoms with Gasteiger partial charge in [0.15, 0.2) is 0 Å². The third kappa shape index (κ3) is 3.51. The number of methoxy groups -OCH3 is 1. The Balaban J connectivity index is 3.45. The van der Waals surface area contributed by atoms with E-state index in [1.165, 1.54) is 7.11 Å². The van der Waals surface area contributed by atoms with E-state index in [4.69, 9.17) is 0 Å². The SMILES string of the molecule is COC(=O)C(C)CCBr. The van der Waals surface area contributed by atoms with Crippen LogP contribution in [0.3, 0.4) is 0 Å². The minimum absolute atomic E-state index is 0.0226. The maximum atomic E-state index is 10.7. The van der Waals surface area contributed by atoms with Gasteiger partial charge in [-0.3, -0.25) is 4.79 Å². The largest absolute Gasteiger partial charge is 0.469 e. The Morgan fingerprint density at radius 1 is 1.78 bits per heavy atom. The Morgan fingerprint density at radius 3 is 2.67 bits per heavy atom. The van der Waals surface area contributed by atoms with Gasteiger partial charge in [-0.05, 0) is 6.42 Å². The number of carbonyl (C=O) groups excluding carboxylic acids is 1. The molecule has 3 heteroatoms. The standard InChI is InChI=1S/C6H11BrO2/c1-5(3-4-7)6(8)9-2/h5H,3-4H2,1-2H3. The third-order valence-corrected chi connectivity index (χ3v) is 1.60. The highest BCUT2D eigenvalue weighted by Gasteiger charge is 2.10. The van der Waals surface area contributed by atoms with Crippen LogP contribution in [-0.2, 0) is 9.53 Å². The predicted octanol–water partition coefficient (Wildman–Crippen LogP) is 1.58. The van der Waals surface area contributed by atoms with Crippen molar-refractivity contribution in [3.8, 4) is 0 Å². The summed E-state index contributed by atoms with van der Waals surface area (Å²) in [5.41, 5.74) is 0. The lowest BCUT2D eigenvalue weighted by Gasteiger charge is -2.04. The van der Waals surface area contributed by atoms with Crippen LogP contribution >= 0.6 is 15.9 Å². The molecule has 0 rings (SSSR count). The first-order valence-electron chi connectivity index (χ1n) is 2.86. The second-order valence-electron chi connectivity index (χ2n) is 1.90. The Hall–Kier alpha value is -0.0500. The number of alkyl halides is 1. The van der Waals surface area contributed by atoms with Crippen molar-refractivity contribution >= 4 is 21.9 Å². The molecule has 0 aromatic heterocycles. The zero-order valence-electron chi connectivity index (χ0n) is 5.69. The molecule has 0 aliphatic carbocycles. The number of esters is 1. The first kappa shape index (κ1) is 8.95. The molecule has 0 saturated carbocycles. The van der Waals surface area contributed by atoms with Gasteiger partial charge in [-0.1, -0.05) is 22.9 Å². The van der Waals surface area contributed by atoms with Gasteiger partial charge in [0.2, 0.25) is 0 Å². The van der Waals surface area contributed by atoms with Crippen molar-refractivity contribution in [1.29, 1.82) is 0 Å². The second-order valence-corrected chi connectivity index (χ2v) is 2.69. The Morgan fingerprint density at radius 2 is 2.33 bits per heavy atom. The molecule has 1 unspecified atom stereocenters. The molecular weight excluding hydrogens is 184 g/mol. The third-order valence-electron chi connectivity index (χ3n) is 1.15. The van der Waals surface area contributed by atoms with E-state index in [1.54, 1.807) is 0 Å². The summed E-state index contributed by atoms with van der Waals surface area (Å²) in [6.07, 6.45) is 0.840. The van der Waals surface area contributed by atoms with Crippen molar-refractivity contribution in [3.63, 3.8) is 0 Å². The van der Waals surface area contributed by atoms with E-state index in [1.807, 2.05) is 6.92 Å². The van der Waals surface area contributed by atoms with Gasteiger partial charge in [0, 0.05) is 5.33 Å². The number of halogens is 1. The lowest BCUT2D eigenvalue weighted by Crippen LogP contribution is -2.12. The van der Waals surface area contributed by atoms with E-state index in [0.717, 1.165) is 11.8 Å². The van der Waals surface area contributed by atoms with Crippen LogP contribution in [0.5, 0.6) is 0 Å². The first-order valence-corrected chi connectivity index (χ1v) is 3.98. The minimum atomic E-state index is -0.130. The van der Waals surface area contributed by atoms with E-state index >= 15 is 0 Å². The van der Waals surface area contributed by atoms with E-state index in [-0.39, 0.29) is 11.9 Å². The highest BCUT2D eigenvalue weighted by molar-refractivity contribution is 9.09. The van der Waals surface area contributed by atoms with Gasteiger partial charge >= 0.3 is 5.97 Å². The molecule has 0 bridgehead atoms. The van der Waals surface area contributed by atoms with Crippen molar-refractivity contribution < 1.29 is 9.53 Å². The van der Waals surface area contributed by atoms with Gasteiger partial charge in [0.25, 0.3) is 0 Å². The van der Waals surface area contributed by atoms with E-state index in [9.17, 15) is 4.79 Å². The van der Waals surface area contributed by atoms with Crippen molar-refractivity contribution in [2.24, 2.45) is 5.92 Å². The number of rotatable bonds is 3. The Bertz CT molecular complexity index is 93.1. The van der Waals surface area contributed by atoms with E-state index in [2.05, 4.69) is 20.7 Å². The molecule has 9 heavy (non-hydrogen) atoms. The van der Waals surface area contributed by atoms with Gasteiger partial charge < -0.3 is 4.74 Å². The summed E-state index contributed by atoms with van der Waals surface area (Å²) in [4.78, 5) is 10.7. The lowest BCUT2D eigenvalue weighted by molar-refractivity contribution is -0.144. The quantitative estimate of drug-likeness (QED) is 0.504. The highest BCUT2D eigenvalue weighted by Crippen LogP contribution is 2.05. The first-order chi connectivity index (χ1) is 4.22. The van der Waals surface area contributed by atoms with Crippen LogP contribution in [0.2, 0.25) is 0 Å². The maximum Gasteiger partial charge on any atom is 0.308 e. The van der Waals surface area contributed by atoms with Gasteiger partial charge in [-0.2, -0.15) is 0 Å². The molecule has 0 spiro atoms. The molecule has 0 amide bonds. The summed E-state index contributed by atoms with van der Waals surface area (Å²) in [6.45, 7) is 1.85. The van der Waals surface area contributed by atoms with Crippen LogP contribution in [-0.4, -0.2) is 18.4 Å². The molecule has 0 fully saturated rings. The van der Waals surface area contributed by atoms with Crippen LogP contribution in [0, 0.1) is 5.92 Å². The topological polar surface area (TPSA) is 26.3 Å². The average Bonchev–Trinajstić information content (AvgIpc) is 1.87. The monoisotopic (exact) mass is 194 g/mol. The smallest absolute Gasteiger partial charge is 0.308 e. The molecular formula is C6H11BrO2. The molecule has 0 heterocycles. The number of carbonyl (C=O) groups is 1. The van der Waals surface area contributed by atoms with Crippen molar-refractivity contribution in [2.75, 3.05) is 12.4 Å². The van der Waals surface area contributed by atoms with Gasteiger partial charge in [0.05, 0.1) is 13.0 Å². The van der Waals surface area contributed by atoms with Gasteiger partial charge in [-0.25, -0.2) is 0 Å². The zero-order chi connectivity index (χ0) is 7.28. The highest BCUT2D eigenvalue weighted by atomic mass is 79.9. The van der Waals surface area contributed by atoms with Crippen molar-refractivity contribution in [1.82, 2.24) is 0 Å². The molecule has 1 atom stereocenters. The minimum Gasteiger partial charge on any atom is -0.469 e. The zero-order valence-corrected chi connectivity index (χ0v) is 7.27. The number of ether oxygens (including phenoxy) is 1. The summed E-state index contributed by atoms with van der Waals surface area (Å²) < 4.78 is 4.50. The molecule has 54 valence electrons. The normalized spacial score (nSPS) is 12.8. The molecule has 0 aliphatic rings. The average molecular weight is 195 g/mol. The number of hydrogen-bond acceptors (Lipinski definition) is 2. The van der Waals surface area contributed by atoms with Crippen molar-refractivity contribution in [3.05, 3.63) is 0 Å². The fourth-order valence-electron chi connectivity index (χ4n) is 0.483. The van der Waals surface area contributed by atoms with Gasteiger partial charge in [-0.15, -0.1) is 0 Å². The lowest BCUT2D eigenvalue weighted by atomic mass is 10.1. The predicted molar refractivity (Wildman–Crippen MR) is 39.6 cm³/mol. The summed E-state index contributed by atoms with van der Waals surface area (Å²) in [5.74, 6) is -0.108. The molecule has 0 saturated heterocycles. The molecule has 0 N–H and O–H groups in total. The Labute approximate surface area is 63.7 Å². The fraction of sp³-hybridized carbons (Fsp3) is 0.833. The maximum absolute atomic E-state index is 10.7. The molecule has 0 radical (unpaired) electrons. The summed E-state index contributed by atoms with van der Waals surface area (Å²) in [7, 11) is 1.41.